The molecular weight excluding hydrogens is 310 g/mol. The van der Waals surface area contributed by atoms with Crippen LogP contribution in [0.2, 0.25) is 0 Å². The van der Waals surface area contributed by atoms with Crippen LogP contribution in [0.4, 0.5) is 0 Å². The predicted molar refractivity (Wildman–Crippen MR) is 97.0 cm³/mol. The average molecular weight is 344 g/mol. The summed E-state index contributed by atoms with van der Waals surface area (Å²) in [6, 6.07) is 2.45. The molecule has 2 bridgehead atoms. The molecule has 0 spiro atoms. The molecule has 0 aromatic rings. The first-order valence-corrected chi connectivity index (χ1v) is 9.25. The molecule has 0 radical (unpaired) electrons. The van der Waals surface area contributed by atoms with Crippen LogP contribution in [0, 0.1) is 5.92 Å². The number of nitrogens with one attached hydrogen (secondary N) is 1. The standard InChI is InChI=1S/C18H33N3O.ClH/c1-13-4-8-16(9-5-13)21(3)18(22)12-20(2)17-10-14-6-7-15(11-17)19-14;/h13-17,19H,4-12H2,1-3H3;1H. The predicted octanol–water partition coefficient (Wildman–Crippen LogP) is 2.66. The van der Waals surface area contributed by atoms with Crippen molar-refractivity contribution in [2.24, 2.45) is 5.92 Å². The number of hydrogen-bond donors (Lipinski definition) is 1. The van der Waals surface area contributed by atoms with Crippen molar-refractivity contribution in [2.75, 3.05) is 20.6 Å². The largest absolute Gasteiger partial charge is 0.342 e. The van der Waals surface area contributed by atoms with Crippen LogP contribution in [-0.4, -0.2) is 60.5 Å². The zero-order chi connectivity index (χ0) is 15.7. The van der Waals surface area contributed by atoms with Crippen molar-refractivity contribution in [1.82, 2.24) is 15.1 Å². The Bertz CT molecular complexity index is 386. The third kappa shape index (κ3) is 4.61. The summed E-state index contributed by atoms with van der Waals surface area (Å²) in [7, 11) is 4.16. The van der Waals surface area contributed by atoms with Gasteiger partial charge in [0.2, 0.25) is 5.91 Å². The van der Waals surface area contributed by atoms with Gasteiger partial charge in [0, 0.05) is 31.2 Å². The number of piperidine rings is 1. The Labute approximate surface area is 147 Å². The Hall–Kier alpha value is -0.320. The van der Waals surface area contributed by atoms with Gasteiger partial charge < -0.3 is 10.2 Å². The highest BCUT2D eigenvalue weighted by Crippen LogP contribution is 2.30. The SMILES string of the molecule is CC1CCC(N(C)C(=O)CN(C)C2CC3CCC(C2)N3)CC1.Cl. The zero-order valence-corrected chi connectivity index (χ0v) is 15.8. The number of hydrogen-bond acceptors (Lipinski definition) is 3. The van der Waals surface area contributed by atoms with Crippen LogP contribution >= 0.6 is 12.4 Å². The third-order valence-electron chi connectivity index (χ3n) is 6.38. The topological polar surface area (TPSA) is 35.6 Å². The van der Waals surface area contributed by atoms with Gasteiger partial charge in [0.15, 0.2) is 0 Å². The maximum atomic E-state index is 12.6. The first-order valence-electron chi connectivity index (χ1n) is 9.25. The third-order valence-corrected chi connectivity index (χ3v) is 6.38. The van der Waals surface area contributed by atoms with Gasteiger partial charge in [-0.1, -0.05) is 6.92 Å². The van der Waals surface area contributed by atoms with Gasteiger partial charge >= 0.3 is 0 Å². The lowest BCUT2D eigenvalue weighted by atomic mass is 9.87. The summed E-state index contributed by atoms with van der Waals surface area (Å²) < 4.78 is 0. The van der Waals surface area contributed by atoms with E-state index in [1.807, 2.05) is 11.9 Å². The smallest absolute Gasteiger partial charge is 0.236 e. The molecule has 5 heteroatoms. The number of carbonyl (C=O) groups excluding carboxylic acids is 1. The van der Waals surface area contributed by atoms with E-state index in [4.69, 9.17) is 0 Å². The second-order valence-corrected chi connectivity index (χ2v) is 8.10. The summed E-state index contributed by atoms with van der Waals surface area (Å²) >= 11 is 0. The maximum Gasteiger partial charge on any atom is 0.236 e. The van der Waals surface area contributed by atoms with Crippen LogP contribution < -0.4 is 5.32 Å². The van der Waals surface area contributed by atoms with Crippen LogP contribution in [0.3, 0.4) is 0 Å². The second kappa shape index (κ2) is 8.17. The Morgan fingerprint density at radius 3 is 2.09 bits per heavy atom. The van der Waals surface area contributed by atoms with E-state index in [1.54, 1.807) is 0 Å². The second-order valence-electron chi connectivity index (χ2n) is 8.10. The van der Waals surface area contributed by atoms with Crippen molar-refractivity contribution in [3.8, 4) is 0 Å². The highest BCUT2D eigenvalue weighted by Gasteiger charge is 2.36. The van der Waals surface area contributed by atoms with Gasteiger partial charge in [0.05, 0.1) is 6.54 Å². The van der Waals surface area contributed by atoms with Crippen molar-refractivity contribution in [2.45, 2.75) is 82.5 Å². The quantitative estimate of drug-likeness (QED) is 0.852. The van der Waals surface area contributed by atoms with E-state index in [9.17, 15) is 4.79 Å². The Morgan fingerprint density at radius 1 is 0.957 bits per heavy atom. The van der Waals surface area contributed by atoms with Gasteiger partial charge in [0.1, 0.15) is 0 Å². The molecule has 3 fully saturated rings. The Morgan fingerprint density at radius 2 is 1.52 bits per heavy atom. The average Bonchev–Trinajstić information content (AvgIpc) is 2.85. The first kappa shape index (κ1) is 19.0. The molecular formula is C18H34ClN3O. The van der Waals surface area contributed by atoms with Crippen molar-refractivity contribution < 1.29 is 4.79 Å². The van der Waals surface area contributed by atoms with Crippen molar-refractivity contribution in [3.05, 3.63) is 0 Å². The van der Waals surface area contributed by atoms with E-state index in [-0.39, 0.29) is 12.4 Å². The minimum Gasteiger partial charge on any atom is -0.342 e. The lowest BCUT2D eigenvalue weighted by Gasteiger charge is -2.38. The van der Waals surface area contributed by atoms with Crippen molar-refractivity contribution >= 4 is 18.3 Å². The van der Waals surface area contributed by atoms with Crippen molar-refractivity contribution in [1.29, 1.82) is 0 Å². The number of amides is 1. The number of rotatable bonds is 4. The summed E-state index contributed by atoms with van der Waals surface area (Å²) in [5, 5.41) is 3.69. The van der Waals surface area contributed by atoms with Crippen LogP contribution in [-0.2, 0) is 4.79 Å². The summed E-state index contributed by atoms with van der Waals surface area (Å²) in [5.41, 5.74) is 0. The molecule has 2 aliphatic heterocycles. The maximum absolute atomic E-state index is 12.6. The molecule has 2 heterocycles. The molecule has 134 valence electrons. The molecule has 0 aromatic carbocycles. The number of likely N-dealkylation sites (N-methyl/N-ethyl adjacent to an activating group) is 2. The lowest BCUT2D eigenvalue weighted by molar-refractivity contribution is -0.134. The van der Waals surface area contributed by atoms with Crippen LogP contribution in [0.15, 0.2) is 0 Å². The van der Waals surface area contributed by atoms with E-state index >= 15 is 0 Å². The zero-order valence-electron chi connectivity index (χ0n) is 15.0. The monoisotopic (exact) mass is 343 g/mol. The molecule has 2 unspecified atom stereocenters. The molecule has 4 nitrogen and oxygen atoms in total. The fourth-order valence-electron chi connectivity index (χ4n) is 4.67. The van der Waals surface area contributed by atoms with E-state index in [2.05, 4.69) is 24.2 Å². The molecule has 3 aliphatic rings. The fraction of sp³-hybridized carbons (Fsp3) is 0.944. The molecule has 0 aromatic heterocycles. The molecule has 1 amide bonds. The van der Waals surface area contributed by atoms with Gasteiger partial charge in [0.25, 0.3) is 0 Å². The molecule has 2 saturated heterocycles. The van der Waals surface area contributed by atoms with E-state index in [0.29, 0.717) is 36.6 Å². The van der Waals surface area contributed by atoms with Crippen LogP contribution in [0.1, 0.15) is 58.3 Å². The summed E-state index contributed by atoms with van der Waals surface area (Å²) in [6.07, 6.45) is 9.99. The minimum atomic E-state index is 0. The van der Waals surface area contributed by atoms with Crippen molar-refractivity contribution in [3.63, 3.8) is 0 Å². The molecule has 1 N–H and O–H groups in total. The number of fused-ring (bicyclic) bond motifs is 2. The van der Waals surface area contributed by atoms with Gasteiger partial charge in [-0.15, -0.1) is 12.4 Å². The van der Waals surface area contributed by atoms with E-state index in [0.717, 1.165) is 5.92 Å². The molecule has 23 heavy (non-hydrogen) atoms. The summed E-state index contributed by atoms with van der Waals surface area (Å²) in [6.45, 7) is 2.92. The summed E-state index contributed by atoms with van der Waals surface area (Å²) in [4.78, 5) is 17.0. The number of carbonyl (C=O) groups is 1. The number of nitrogens with zero attached hydrogens (tertiary/aromatic N) is 2. The molecule has 1 aliphatic carbocycles. The van der Waals surface area contributed by atoms with Gasteiger partial charge in [-0.25, -0.2) is 0 Å². The van der Waals surface area contributed by atoms with Gasteiger partial charge in [-0.3, -0.25) is 9.69 Å². The minimum absolute atomic E-state index is 0. The van der Waals surface area contributed by atoms with E-state index in [1.165, 1.54) is 51.4 Å². The van der Waals surface area contributed by atoms with Gasteiger partial charge in [-0.2, -0.15) is 0 Å². The fourth-order valence-corrected chi connectivity index (χ4v) is 4.67. The van der Waals surface area contributed by atoms with E-state index < -0.39 is 0 Å². The summed E-state index contributed by atoms with van der Waals surface area (Å²) in [5.74, 6) is 1.15. The Kier molecular flexibility index (Phi) is 6.76. The lowest BCUT2D eigenvalue weighted by Crippen LogP contribution is -2.50. The highest BCUT2D eigenvalue weighted by molar-refractivity contribution is 5.85. The Balaban J connectivity index is 0.00000192. The normalized spacial score (nSPS) is 36.6. The van der Waals surface area contributed by atoms with Crippen LogP contribution in [0.5, 0.6) is 0 Å². The molecule has 3 rings (SSSR count). The first-order chi connectivity index (χ1) is 10.5. The number of halogens is 1. The molecule has 1 saturated carbocycles. The van der Waals surface area contributed by atoms with Crippen LogP contribution in [0.25, 0.3) is 0 Å². The van der Waals surface area contributed by atoms with Gasteiger partial charge in [-0.05, 0) is 64.3 Å². The molecule has 2 atom stereocenters. The highest BCUT2D eigenvalue weighted by atomic mass is 35.5.